The second-order valence-corrected chi connectivity index (χ2v) is 4.83. The number of nitrogens with zero attached hydrogens (tertiary/aromatic N) is 1. The van der Waals surface area contributed by atoms with Gasteiger partial charge in [0.05, 0.1) is 28.5 Å². The SMILES string of the molecule is N#CCc1cccc(-c2ccc3[nH]c(=O)[nH]c3c2)c1Cl. The monoisotopic (exact) mass is 283 g/mol. The summed E-state index contributed by atoms with van der Waals surface area (Å²) in [6.45, 7) is 0. The Kier molecular flexibility index (Phi) is 3.05. The normalized spacial score (nSPS) is 10.6. The zero-order valence-corrected chi connectivity index (χ0v) is 11.2. The van der Waals surface area contributed by atoms with Crippen LogP contribution < -0.4 is 5.69 Å². The van der Waals surface area contributed by atoms with E-state index in [0.717, 1.165) is 27.7 Å². The Labute approximate surface area is 119 Å². The largest absolute Gasteiger partial charge is 0.323 e. The summed E-state index contributed by atoms with van der Waals surface area (Å²) < 4.78 is 0. The molecule has 0 amide bonds. The van der Waals surface area contributed by atoms with Crippen molar-refractivity contribution in [2.75, 3.05) is 0 Å². The van der Waals surface area contributed by atoms with Crippen molar-refractivity contribution in [2.45, 2.75) is 6.42 Å². The number of nitrogens with one attached hydrogen (secondary N) is 2. The van der Waals surface area contributed by atoms with Crippen LogP contribution in [-0.2, 0) is 6.42 Å². The summed E-state index contributed by atoms with van der Waals surface area (Å²) in [5.74, 6) is 0. The highest BCUT2D eigenvalue weighted by atomic mass is 35.5. The Morgan fingerprint density at radius 2 is 1.95 bits per heavy atom. The van der Waals surface area contributed by atoms with Crippen LogP contribution in [0.1, 0.15) is 5.56 Å². The van der Waals surface area contributed by atoms with Crippen LogP contribution >= 0.6 is 11.6 Å². The summed E-state index contributed by atoms with van der Waals surface area (Å²) in [6.07, 6.45) is 0.274. The minimum absolute atomic E-state index is 0.235. The number of imidazole rings is 1. The number of aromatic nitrogens is 2. The second kappa shape index (κ2) is 4.87. The van der Waals surface area contributed by atoms with Gasteiger partial charge >= 0.3 is 5.69 Å². The van der Waals surface area contributed by atoms with Crippen molar-refractivity contribution < 1.29 is 0 Å². The second-order valence-electron chi connectivity index (χ2n) is 4.45. The Morgan fingerprint density at radius 3 is 2.75 bits per heavy atom. The maximum absolute atomic E-state index is 11.3. The maximum Gasteiger partial charge on any atom is 0.323 e. The van der Waals surface area contributed by atoms with Crippen LogP contribution in [0, 0.1) is 11.3 Å². The molecule has 0 saturated carbocycles. The van der Waals surface area contributed by atoms with E-state index >= 15 is 0 Å². The Hall–Kier alpha value is -2.51. The van der Waals surface area contributed by atoms with Gasteiger partial charge in [-0.2, -0.15) is 5.26 Å². The molecule has 3 rings (SSSR count). The lowest BCUT2D eigenvalue weighted by Crippen LogP contribution is -1.99. The number of fused-ring (bicyclic) bond motifs is 1. The molecule has 98 valence electrons. The molecule has 20 heavy (non-hydrogen) atoms. The highest BCUT2D eigenvalue weighted by Crippen LogP contribution is 2.32. The average Bonchev–Trinajstić information content (AvgIpc) is 2.80. The number of hydrogen-bond acceptors (Lipinski definition) is 2. The number of H-pyrrole nitrogens is 2. The number of aromatic amines is 2. The molecule has 1 aromatic heterocycles. The molecule has 0 aliphatic rings. The zero-order chi connectivity index (χ0) is 14.1. The Balaban J connectivity index is 2.17. The minimum atomic E-state index is -0.235. The molecule has 0 atom stereocenters. The maximum atomic E-state index is 11.3. The average molecular weight is 284 g/mol. The predicted molar refractivity (Wildman–Crippen MR) is 78.7 cm³/mol. The molecule has 0 aliphatic carbocycles. The third-order valence-electron chi connectivity index (χ3n) is 3.18. The number of hydrogen-bond donors (Lipinski definition) is 2. The van der Waals surface area contributed by atoms with Gasteiger partial charge in [0, 0.05) is 5.56 Å². The van der Waals surface area contributed by atoms with E-state index in [1.54, 1.807) is 0 Å². The molecular formula is C15H10ClN3O. The standard InChI is InChI=1S/C15H10ClN3O/c16-14-9(6-7-17)2-1-3-11(14)10-4-5-12-13(8-10)19-15(20)18-12/h1-5,8H,6H2,(H2,18,19,20). The number of rotatable bonds is 2. The van der Waals surface area contributed by atoms with Crippen LogP contribution in [0.25, 0.3) is 22.2 Å². The van der Waals surface area contributed by atoms with Gasteiger partial charge in [-0.25, -0.2) is 4.79 Å². The van der Waals surface area contributed by atoms with Gasteiger partial charge < -0.3 is 9.97 Å². The zero-order valence-electron chi connectivity index (χ0n) is 10.4. The van der Waals surface area contributed by atoms with Crippen LogP contribution in [-0.4, -0.2) is 9.97 Å². The summed E-state index contributed by atoms with van der Waals surface area (Å²) in [5, 5.41) is 9.37. The summed E-state index contributed by atoms with van der Waals surface area (Å²) in [7, 11) is 0. The molecule has 4 nitrogen and oxygen atoms in total. The van der Waals surface area contributed by atoms with E-state index in [0.29, 0.717) is 5.02 Å². The van der Waals surface area contributed by atoms with Crippen molar-refractivity contribution in [1.29, 1.82) is 5.26 Å². The van der Waals surface area contributed by atoms with Crippen molar-refractivity contribution in [3.8, 4) is 17.2 Å². The van der Waals surface area contributed by atoms with Crippen molar-refractivity contribution in [3.63, 3.8) is 0 Å². The minimum Gasteiger partial charge on any atom is -0.306 e. The molecule has 0 radical (unpaired) electrons. The number of nitriles is 1. The van der Waals surface area contributed by atoms with Gasteiger partial charge in [0.15, 0.2) is 0 Å². The summed E-state index contributed by atoms with van der Waals surface area (Å²) in [6, 6.07) is 13.3. The molecule has 2 N–H and O–H groups in total. The van der Waals surface area contributed by atoms with Gasteiger partial charge in [-0.15, -0.1) is 0 Å². The van der Waals surface area contributed by atoms with E-state index in [4.69, 9.17) is 16.9 Å². The van der Waals surface area contributed by atoms with E-state index in [9.17, 15) is 4.79 Å². The van der Waals surface area contributed by atoms with Crippen LogP contribution in [0.2, 0.25) is 5.02 Å². The van der Waals surface area contributed by atoms with Crippen LogP contribution in [0.15, 0.2) is 41.2 Å². The molecule has 0 bridgehead atoms. The van der Waals surface area contributed by atoms with Crippen LogP contribution in [0.5, 0.6) is 0 Å². The fraction of sp³-hybridized carbons (Fsp3) is 0.0667. The fourth-order valence-electron chi connectivity index (χ4n) is 2.22. The predicted octanol–water partition coefficient (Wildman–Crippen LogP) is 3.24. The Bertz CT molecular complexity index is 886. The highest BCUT2D eigenvalue weighted by molar-refractivity contribution is 6.34. The lowest BCUT2D eigenvalue weighted by Gasteiger charge is -2.08. The Morgan fingerprint density at radius 1 is 1.15 bits per heavy atom. The fourth-order valence-corrected chi connectivity index (χ4v) is 2.53. The van der Waals surface area contributed by atoms with Crippen LogP contribution in [0.4, 0.5) is 0 Å². The third kappa shape index (κ3) is 2.09. The van der Waals surface area contributed by atoms with Gasteiger partial charge in [-0.05, 0) is 23.3 Å². The molecule has 0 aliphatic heterocycles. The smallest absolute Gasteiger partial charge is 0.306 e. The van der Waals surface area contributed by atoms with Gasteiger partial charge in [-0.1, -0.05) is 35.9 Å². The molecule has 0 saturated heterocycles. The molecule has 1 heterocycles. The number of halogens is 1. The lowest BCUT2D eigenvalue weighted by molar-refractivity contribution is 1.21. The third-order valence-corrected chi connectivity index (χ3v) is 3.62. The first kappa shape index (κ1) is 12.5. The van der Waals surface area contributed by atoms with E-state index in [2.05, 4.69) is 16.0 Å². The van der Waals surface area contributed by atoms with Crippen LogP contribution in [0.3, 0.4) is 0 Å². The molecular weight excluding hydrogens is 274 g/mol. The van der Waals surface area contributed by atoms with Crippen molar-refractivity contribution in [1.82, 2.24) is 9.97 Å². The van der Waals surface area contributed by atoms with Gasteiger partial charge in [0.2, 0.25) is 0 Å². The van der Waals surface area contributed by atoms with Gasteiger partial charge in [-0.3, -0.25) is 0 Å². The quantitative estimate of drug-likeness (QED) is 0.758. The summed E-state index contributed by atoms with van der Waals surface area (Å²) in [5.41, 5.74) is 3.80. The first-order valence-electron chi connectivity index (χ1n) is 6.06. The first-order valence-corrected chi connectivity index (χ1v) is 6.43. The van der Waals surface area contributed by atoms with E-state index in [-0.39, 0.29) is 12.1 Å². The lowest BCUT2D eigenvalue weighted by atomic mass is 10.0. The van der Waals surface area contributed by atoms with Gasteiger partial charge in [0.1, 0.15) is 0 Å². The van der Waals surface area contributed by atoms with Crippen molar-refractivity contribution in [2.24, 2.45) is 0 Å². The van der Waals surface area contributed by atoms with E-state index < -0.39 is 0 Å². The molecule has 0 fully saturated rings. The van der Waals surface area contributed by atoms with Crippen molar-refractivity contribution in [3.05, 3.63) is 57.5 Å². The van der Waals surface area contributed by atoms with E-state index in [1.165, 1.54) is 0 Å². The van der Waals surface area contributed by atoms with E-state index in [1.807, 2.05) is 36.4 Å². The first-order chi connectivity index (χ1) is 9.69. The van der Waals surface area contributed by atoms with Gasteiger partial charge in [0.25, 0.3) is 0 Å². The highest BCUT2D eigenvalue weighted by Gasteiger charge is 2.09. The molecule has 3 aromatic rings. The van der Waals surface area contributed by atoms with Crippen molar-refractivity contribution >= 4 is 22.6 Å². The molecule has 5 heteroatoms. The molecule has 0 unspecified atom stereocenters. The summed E-state index contributed by atoms with van der Waals surface area (Å²) >= 11 is 6.35. The number of benzene rings is 2. The summed E-state index contributed by atoms with van der Waals surface area (Å²) in [4.78, 5) is 16.7. The molecule has 0 spiro atoms. The topological polar surface area (TPSA) is 72.4 Å². The molecule has 2 aromatic carbocycles.